The molecule has 1 heterocycles. The third kappa shape index (κ3) is 4.11. The van der Waals surface area contributed by atoms with E-state index in [1.54, 1.807) is 32.4 Å². The Hall–Kier alpha value is -3.47. The molecule has 0 saturated heterocycles. The molecule has 3 aromatic rings. The first-order chi connectivity index (χ1) is 16.3. The molecule has 0 fully saturated rings. The van der Waals surface area contributed by atoms with Crippen molar-refractivity contribution >= 4 is 11.6 Å². The van der Waals surface area contributed by atoms with E-state index in [9.17, 15) is 4.79 Å². The molecule has 1 N–H and O–H groups in total. The van der Waals surface area contributed by atoms with Crippen LogP contribution in [-0.4, -0.2) is 26.7 Å². The molecular weight excluding hydrogens is 426 g/mol. The number of hydrogen-bond donors (Lipinski definition) is 1. The summed E-state index contributed by atoms with van der Waals surface area (Å²) >= 11 is 0. The first-order valence-electron chi connectivity index (χ1n) is 11.7. The van der Waals surface area contributed by atoms with Gasteiger partial charge in [-0.05, 0) is 72.7 Å². The van der Waals surface area contributed by atoms with E-state index in [2.05, 4.69) is 57.3 Å². The van der Waals surface area contributed by atoms with Crippen LogP contribution in [0, 0.1) is 20.8 Å². The highest BCUT2D eigenvalue weighted by molar-refractivity contribution is 6.05. The van der Waals surface area contributed by atoms with Gasteiger partial charge in [0.25, 0.3) is 5.91 Å². The van der Waals surface area contributed by atoms with E-state index in [1.807, 2.05) is 6.92 Å². The fourth-order valence-corrected chi connectivity index (χ4v) is 4.73. The number of amides is 1. The van der Waals surface area contributed by atoms with Gasteiger partial charge in [0.2, 0.25) is 0 Å². The van der Waals surface area contributed by atoms with E-state index < -0.39 is 0 Å². The van der Waals surface area contributed by atoms with Gasteiger partial charge in [-0.25, -0.2) is 0 Å². The summed E-state index contributed by atoms with van der Waals surface area (Å²) in [7, 11) is 3.14. The quantitative estimate of drug-likeness (QED) is 0.455. The zero-order chi connectivity index (χ0) is 24.6. The molecule has 1 atom stereocenters. The minimum Gasteiger partial charge on any atom is -0.493 e. The number of methoxy groups -OCH3 is 2. The Morgan fingerprint density at radius 2 is 1.62 bits per heavy atom. The molecule has 178 valence electrons. The summed E-state index contributed by atoms with van der Waals surface area (Å²) in [6.45, 7) is 11.2. The molecule has 3 aromatic carbocycles. The molecule has 0 spiro atoms. The lowest BCUT2D eigenvalue weighted by Crippen LogP contribution is -2.15. The topological polar surface area (TPSA) is 56.8 Å². The third-order valence-corrected chi connectivity index (χ3v) is 6.93. The predicted molar refractivity (Wildman–Crippen MR) is 136 cm³/mol. The molecule has 1 aliphatic heterocycles. The summed E-state index contributed by atoms with van der Waals surface area (Å²) in [6, 6.07) is 14.0. The molecule has 0 saturated carbocycles. The van der Waals surface area contributed by atoms with Crippen molar-refractivity contribution in [3.63, 3.8) is 0 Å². The molecule has 1 unspecified atom stereocenters. The Bertz CT molecular complexity index is 1230. The first kappa shape index (κ1) is 23.7. The summed E-state index contributed by atoms with van der Waals surface area (Å²) in [5.74, 6) is 2.48. The highest BCUT2D eigenvalue weighted by Crippen LogP contribution is 2.47. The summed E-state index contributed by atoms with van der Waals surface area (Å²) in [5, 5.41) is 3.16. The van der Waals surface area contributed by atoms with Crippen molar-refractivity contribution in [2.75, 3.05) is 26.1 Å². The van der Waals surface area contributed by atoms with Gasteiger partial charge in [-0.1, -0.05) is 38.1 Å². The number of carbonyl (C=O) groups is 1. The predicted octanol–water partition coefficient (Wildman–Crippen LogP) is 6.53. The molecular formula is C29H33NO4. The van der Waals surface area contributed by atoms with E-state index >= 15 is 0 Å². The highest BCUT2D eigenvalue weighted by atomic mass is 16.5. The Morgan fingerprint density at radius 1 is 0.941 bits per heavy atom. The van der Waals surface area contributed by atoms with Gasteiger partial charge in [0.1, 0.15) is 5.75 Å². The van der Waals surface area contributed by atoms with Crippen LogP contribution in [0.1, 0.15) is 69.4 Å². The maximum absolute atomic E-state index is 13.2. The Labute approximate surface area is 202 Å². The second-order valence-corrected chi connectivity index (χ2v) is 9.20. The molecule has 0 aromatic heterocycles. The second kappa shape index (κ2) is 9.41. The van der Waals surface area contributed by atoms with Crippen molar-refractivity contribution in [3.8, 4) is 17.2 Å². The van der Waals surface area contributed by atoms with Crippen LogP contribution in [0.3, 0.4) is 0 Å². The van der Waals surface area contributed by atoms with Crippen LogP contribution < -0.4 is 19.5 Å². The van der Waals surface area contributed by atoms with Gasteiger partial charge in [-0.3, -0.25) is 4.79 Å². The van der Waals surface area contributed by atoms with E-state index in [-0.39, 0.29) is 11.8 Å². The van der Waals surface area contributed by atoms with Crippen LogP contribution in [0.15, 0.2) is 42.5 Å². The van der Waals surface area contributed by atoms with Gasteiger partial charge in [0.15, 0.2) is 11.5 Å². The van der Waals surface area contributed by atoms with Gasteiger partial charge in [-0.15, -0.1) is 0 Å². The largest absolute Gasteiger partial charge is 0.493 e. The SMILES string of the molecule is COc1ccc(C(=O)Nc2c(C)c(C)c3c(c2C)C(c2ccc(C(C)C)cc2)CO3)cc1OC. The normalized spacial score (nSPS) is 14.5. The number of benzene rings is 3. The number of anilines is 1. The third-order valence-electron chi connectivity index (χ3n) is 6.93. The van der Waals surface area contributed by atoms with Gasteiger partial charge in [0, 0.05) is 22.7 Å². The fraction of sp³-hybridized carbons (Fsp3) is 0.345. The number of ether oxygens (including phenoxy) is 3. The Balaban J connectivity index is 1.71. The lowest BCUT2D eigenvalue weighted by atomic mass is 9.85. The minimum absolute atomic E-state index is 0.132. The van der Waals surface area contributed by atoms with Crippen molar-refractivity contribution in [1.29, 1.82) is 0 Å². The van der Waals surface area contributed by atoms with Gasteiger partial charge in [-0.2, -0.15) is 0 Å². The maximum atomic E-state index is 13.2. The summed E-state index contributed by atoms with van der Waals surface area (Å²) in [4.78, 5) is 13.2. The van der Waals surface area contributed by atoms with Gasteiger partial charge >= 0.3 is 0 Å². The molecule has 1 aliphatic rings. The molecule has 5 nitrogen and oxygen atoms in total. The first-order valence-corrected chi connectivity index (χ1v) is 11.7. The Kier molecular flexibility index (Phi) is 6.56. The van der Waals surface area contributed by atoms with E-state index in [0.717, 1.165) is 33.7 Å². The lowest BCUT2D eigenvalue weighted by molar-refractivity contribution is 0.102. The fourth-order valence-electron chi connectivity index (χ4n) is 4.73. The van der Waals surface area contributed by atoms with Crippen LogP contribution in [0.25, 0.3) is 0 Å². The van der Waals surface area contributed by atoms with Gasteiger partial charge in [0.05, 0.1) is 20.8 Å². The number of nitrogens with one attached hydrogen (secondary N) is 1. The van der Waals surface area contributed by atoms with Crippen LogP contribution in [0.2, 0.25) is 0 Å². The van der Waals surface area contributed by atoms with Crippen LogP contribution in [0.4, 0.5) is 5.69 Å². The second-order valence-electron chi connectivity index (χ2n) is 9.20. The smallest absolute Gasteiger partial charge is 0.255 e. The average molecular weight is 460 g/mol. The standard InChI is InChI=1S/C29H33NO4/c1-16(2)20-8-10-21(11-9-20)23-15-34-28-18(4)17(3)27(19(5)26(23)28)30-29(31)22-12-13-24(32-6)25(14-22)33-7/h8-14,16,23H,15H2,1-7H3,(H,30,31). The van der Waals surface area contributed by atoms with E-state index in [1.165, 1.54) is 11.1 Å². The monoisotopic (exact) mass is 459 g/mol. The average Bonchev–Trinajstić information content (AvgIpc) is 3.30. The maximum Gasteiger partial charge on any atom is 0.255 e. The number of rotatable bonds is 6. The van der Waals surface area contributed by atoms with Gasteiger partial charge < -0.3 is 19.5 Å². The minimum atomic E-state index is -0.191. The highest BCUT2D eigenvalue weighted by Gasteiger charge is 2.32. The van der Waals surface area contributed by atoms with Crippen molar-refractivity contribution in [3.05, 3.63) is 81.4 Å². The summed E-state index contributed by atoms with van der Waals surface area (Å²) < 4.78 is 16.9. The van der Waals surface area contributed by atoms with E-state index in [4.69, 9.17) is 14.2 Å². The van der Waals surface area contributed by atoms with Crippen LogP contribution in [0.5, 0.6) is 17.2 Å². The zero-order valence-electron chi connectivity index (χ0n) is 21.0. The Morgan fingerprint density at radius 3 is 2.24 bits per heavy atom. The van der Waals surface area contributed by atoms with Crippen molar-refractivity contribution in [1.82, 2.24) is 0 Å². The zero-order valence-corrected chi connectivity index (χ0v) is 21.0. The van der Waals surface area contributed by atoms with Crippen LogP contribution in [-0.2, 0) is 0 Å². The van der Waals surface area contributed by atoms with Crippen LogP contribution >= 0.6 is 0 Å². The number of hydrogen-bond acceptors (Lipinski definition) is 4. The molecule has 34 heavy (non-hydrogen) atoms. The van der Waals surface area contributed by atoms with Crippen molar-refractivity contribution in [2.24, 2.45) is 0 Å². The van der Waals surface area contributed by atoms with E-state index in [0.29, 0.717) is 29.6 Å². The molecule has 4 rings (SSSR count). The lowest BCUT2D eigenvalue weighted by Gasteiger charge is -2.20. The number of carbonyl (C=O) groups excluding carboxylic acids is 1. The molecule has 5 heteroatoms. The van der Waals surface area contributed by atoms with Crippen molar-refractivity contribution in [2.45, 2.75) is 46.5 Å². The molecule has 0 bridgehead atoms. The molecule has 1 amide bonds. The summed E-state index contributed by atoms with van der Waals surface area (Å²) in [6.07, 6.45) is 0. The molecule has 0 radical (unpaired) electrons. The van der Waals surface area contributed by atoms with Crippen molar-refractivity contribution < 1.29 is 19.0 Å². The molecule has 0 aliphatic carbocycles. The number of fused-ring (bicyclic) bond motifs is 1. The summed E-state index contributed by atoms with van der Waals surface area (Å²) in [5.41, 5.74) is 8.17.